The largest absolute Gasteiger partial charge is 0.353 e. The SMILES string of the molecule is CN1CCC(C(=O)NC2CCNCC2)C1. The molecular weight excluding hydrogens is 190 g/mol. The summed E-state index contributed by atoms with van der Waals surface area (Å²) in [6.07, 6.45) is 3.18. The highest BCUT2D eigenvalue weighted by atomic mass is 16.2. The molecule has 2 saturated heterocycles. The number of hydrogen-bond donors (Lipinski definition) is 2. The van der Waals surface area contributed by atoms with Gasteiger partial charge in [-0.15, -0.1) is 0 Å². The van der Waals surface area contributed by atoms with E-state index in [1.54, 1.807) is 0 Å². The number of carbonyl (C=O) groups excluding carboxylic acids is 1. The predicted octanol–water partition coefficient (Wildman–Crippen LogP) is -0.194. The van der Waals surface area contributed by atoms with Gasteiger partial charge in [-0.2, -0.15) is 0 Å². The van der Waals surface area contributed by atoms with Gasteiger partial charge in [0, 0.05) is 12.6 Å². The number of amides is 1. The Hall–Kier alpha value is -0.610. The van der Waals surface area contributed by atoms with Gasteiger partial charge >= 0.3 is 0 Å². The minimum absolute atomic E-state index is 0.227. The molecule has 0 aliphatic carbocycles. The molecule has 0 aromatic carbocycles. The third-order valence-electron chi connectivity index (χ3n) is 3.45. The lowest BCUT2D eigenvalue weighted by molar-refractivity contribution is -0.125. The molecule has 2 aliphatic heterocycles. The third kappa shape index (κ3) is 2.92. The van der Waals surface area contributed by atoms with Crippen LogP contribution in [0, 0.1) is 5.92 Å². The maximum atomic E-state index is 11.9. The molecule has 0 aromatic rings. The summed E-state index contributed by atoms with van der Waals surface area (Å²) < 4.78 is 0. The fourth-order valence-corrected chi connectivity index (χ4v) is 2.43. The van der Waals surface area contributed by atoms with Crippen molar-refractivity contribution in [3.63, 3.8) is 0 Å². The molecule has 2 heterocycles. The summed E-state index contributed by atoms with van der Waals surface area (Å²) in [5.74, 6) is 0.496. The molecule has 2 rings (SSSR count). The molecule has 1 amide bonds. The molecule has 2 aliphatic rings. The van der Waals surface area contributed by atoms with Crippen molar-refractivity contribution in [2.75, 3.05) is 33.2 Å². The molecule has 1 unspecified atom stereocenters. The van der Waals surface area contributed by atoms with Gasteiger partial charge in [0.1, 0.15) is 0 Å². The van der Waals surface area contributed by atoms with Crippen LogP contribution in [0.1, 0.15) is 19.3 Å². The number of carbonyl (C=O) groups is 1. The van der Waals surface area contributed by atoms with Crippen molar-refractivity contribution in [1.29, 1.82) is 0 Å². The lowest BCUT2D eigenvalue weighted by atomic mass is 10.0. The average molecular weight is 211 g/mol. The van der Waals surface area contributed by atoms with Gasteiger partial charge in [0.2, 0.25) is 5.91 Å². The number of piperidine rings is 1. The summed E-state index contributed by atoms with van der Waals surface area (Å²) in [5.41, 5.74) is 0. The van der Waals surface area contributed by atoms with E-state index in [9.17, 15) is 4.79 Å². The van der Waals surface area contributed by atoms with Gasteiger partial charge < -0.3 is 15.5 Å². The Balaban J connectivity index is 1.76. The van der Waals surface area contributed by atoms with Crippen LogP contribution in [0.25, 0.3) is 0 Å². The average Bonchev–Trinajstić information content (AvgIpc) is 2.66. The topological polar surface area (TPSA) is 44.4 Å². The van der Waals surface area contributed by atoms with Crippen LogP contribution in [0.5, 0.6) is 0 Å². The monoisotopic (exact) mass is 211 g/mol. The van der Waals surface area contributed by atoms with Crippen LogP contribution in [0.15, 0.2) is 0 Å². The van der Waals surface area contributed by atoms with E-state index in [0.29, 0.717) is 6.04 Å². The van der Waals surface area contributed by atoms with Gasteiger partial charge in [-0.3, -0.25) is 4.79 Å². The Labute approximate surface area is 91.4 Å². The molecule has 0 bridgehead atoms. The number of hydrogen-bond acceptors (Lipinski definition) is 3. The first-order valence-electron chi connectivity index (χ1n) is 5.95. The molecule has 1 atom stereocenters. The van der Waals surface area contributed by atoms with E-state index >= 15 is 0 Å². The normalized spacial score (nSPS) is 29.3. The summed E-state index contributed by atoms with van der Waals surface area (Å²) in [5, 5.41) is 6.48. The molecule has 0 aromatic heterocycles. The Morgan fingerprint density at radius 3 is 2.67 bits per heavy atom. The fraction of sp³-hybridized carbons (Fsp3) is 0.909. The van der Waals surface area contributed by atoms with Crippen LogP contribution < -0.4 is 10.6 Å². The van der Waals surface area contributed by atoms with Crippen molar-refractivity contribution in [2.45, 2.75) is 25.3 Å². The number of nitrogens with zero attached hydrogens (tertiary/aromatic N) is 1. The Bertz CT molecular complexity index is 226. The van der Waals surface area contributed by atoms with Gasteiger partial charge in [-0.05, 0) is 45.9 Å². The maximum absolute atomic E-state index is 11.9. The maximum Gasteiger partial charge on any atom is 0.224 e. The van der Waals surface area contributed by atoms with Gasteiger partial charge in [0.05, 0.1) is 5.92 Å². The summed E-state index contributed by atoms with van der Waals surface area (Å²) in [6, 6.07) is 0.407. The van der Waals surface area contributed by atoms with E-state index in [2.05, 4.69) is 22.6 Å². The molecule has 86 valence electrons. The van der Waals surface area contributed by atoms with E-state index in [0.717, 1.165) is 45.4 Å². The molecule has 2 fully saturated rings. The highest BCUT2D eigenvalue weighted by molar-refractivity contribution is 5.79. The van der Waals surface area contributed by atoms with Crippen molar-refractivity contribution in [3.8, 4) is 0 Å². The number of likely N-dealkylation sites (tertiary alicyclic amines) is 1. The fourth-order valence-electron chi connectivity index (χ4n) is 2.43. The summed E-state index contributed by atoms with van der Waals surface area (Å²) >= 11 is 0. The number of nitrogens with one attached hydrogen (secondary N) is 2. The van der Waals surface area contributed by atoms with Gasteiger partial charge in [0.25, 0.3) is 0 Å². The van der Waals surface area contributed by atoms with Crippen LogP contribution >= 0.6 is 0 Å². The van der Waals surface area contributed by atoms with Gasteiger partial charge in [0.15, 0.2) is 0 Å². The van der Waals surface area contributed by atoms with Gasteiger partial charge in [-0.25, -0.2) is 0 Å². The first kappa shape index (κ1) is 10.9. The second kappa shape index (κ2) is 4.94. The highest BCUT2D eigenvalue weighted by Gasteiger charge is 2.27. The second-order valence-corrected chi connectivity index (χ2v) is 4.78. The Kier molecular flexibility index (Phi) is 3.59. The lowest BCUT2D eigenvalue weighted by Crippen LogP contribution is -2.45. The summed E-state index contributed by atoms with van der Waals surface area (Å²) in [6.45, 7) is 4.06. The quantitative estimate of drug-likeness (QED) is 0.665. The highest BCUT2D eigenvalue weighted by Crippen LogP contribution is 2.15. The summed E-state index contributed by atoms with van der Waals surface area (Å²) in [7, 11) is 2.08. The molecule has 0 spiro atoms. The van der Waals surface area contributed by atoms with Crippen molar-refractivity contribution < 1.29 is 4.79 Å². The number of rotatable bonds is 2. The van der Waals surface area contributed by atoms with Crippen LogP contribution in [-0.2, 0) is 4.79 Å². The minimum atomic E-state index is 0.227. The smallest absolute Gasteiger partial charge is 0.224 e. The molecule has 2 N–H and O–H groups in total. The standard InChI is InChI=1S/C11H21N3O/c1-14-7-4-9(8-14)11(15)13-10-2-5-12-6-3-10/h9-10,12H,2-8H2,1H3,(H,13,15). The van der Waals surface area contributed by atoms with Crippen molar-refractivity contribution in [3.05, 3.63) is 0 Å². The predicted molar refractivity (Wildman–Crippen MR) is 59.6 cm³/mol. The van der Waals surface area contributed by atoms with Crippen LogP contribution in [0.2, 0.25) is 0 Å². The van der Waals surface area contributed by atoms with E-state index in [4.69, 9.17) is 0 Å². The van der Waals surface area contributed by atoms with E-state index in [1.165, 1.54) is 0 Å². The van der Waals surface area contributed by atoms with Crippen molar-refractivity contribution >= 4 is 5.91 Å². The Morgan fingerprint density at radius 1 is 1.33 bits per heavy atom. The molecular formula is C11H21N3O. The lowest BCUT2D eigenvalue weighted by Gasteiger charge is -2.25. The zero-order chi connectivity index (χ0) is 10.7. The Morgan fingerprint density at radius 2 is 2.07 bits per heavy atom. The van der Waals surface area contributed by atoms with E-state index in [1.807, 2.05) is 0 Å². The van der Waals surface area contributed by atoms with Crippen molar-refractivity contribution in [1.82, 2.24) is 15.5 Å². The van der Waals surface area contributed by atoms with E-state index < -0.39 is 0 Å². The van der Waals surface area contributed by atoms with Gasteiger partial charge in [-0.1, -0.05) is 0 Å². The van der Waals surface area contributed by atoms with Crippen LogP contribution in [0.4, 0.5) is 0 Å². The van der Waals surface area contributed by atoms with Crippen molar-refractivity contribution in [2.24, 2.45) is 5.92 Å². The summed E-state index contributed by atoms with van der Waals surface area (Å²) in [4.78, 5) is 14.1. The zero-order valence-electron chi connectivity index (χ0n) is 9.46. The minimum Gasteiger partial charge on any atom is -0.353 e. The molecule has 4 nitrogen and oxygen atoms in total. The molecule has 0 radical (unpaired) electrons. The van der Waals surface area contributed by atoms with Crippen LogP contribution in [0.3, 0.4) is 0 Å². The third-order valence-corrected chi connectivity index (χ3v) is 3.45. The molecule has 4 heteroatoms. The zero-order valence-corrected chi connectivity index (χ0v) is 9.46. The van der Waals surface area contributed by atoms with Crippen LogP contribution in [-0.4, -0.2) is 50.1 Å². The molecule has 0 saturated carbocycles. The first-order chi connectivity index (χ1) is 7.25. The van der Waals surface area contributed by atoms with E-state index in [-0.39, 0.29) is 11.8 Å². The second-order valence-electron chi connectivity index (χ2n) is 4.78. The molecule has 15 heavy (non-hydrogen) atoms. The first-order valence-corrected chi connectivity index (χ1v) is 5.95.